The molecule has 4 rings (SSSR count). The molecule has 1 saturated carbocycles. The summed E-state index contributed by atoms with van der Waals surface area (Å²) in [5, 5.41) is 9.39. The molecule has 0 aliphatic heterocycles. The second-order valence-electron chi connectivity index (χ2n) is 5.05. The summed E-state index contributed by atoms with van der Waals surface area (Å²) in [5.74, 6) is -0.804. The van der Waals surface area contributed by atoms with Crippen molar-refractivity contribution in [3.63, 3.8) is 0 Å². The number of fused-ring (bicyclic) bond motifs is 2. The van der Waals surface area contributed by atoms with Gasteiger partial charge in [0.05, 0.1) is 11.0 Å². The Hall–Kier alpha value is -2.63. The van der Waals surface area contributed by atoms with E-state index in [0.29, 0.717) is 16.7 Å². The van der Waals surface area contributed by atoms with Gasteiger partial charge in [0.25, 0.3) is 0 Å². The molecule has 0 bridgehead atoms. The van der Waals surface area contributed by atoms with Gasteiger partial charge in [-0.1, -0.05) is 12.1 Å². The highest BCUT2D eigenvalue weighted by molar-refractivity contribution is 6.07. The predicted molar refractivity (Wildman–Crippen MR) is 74.7 cm³/mol. The van der Waals surface area contributed by atoms with Crippen LogP contribution in [0.25, 0.3) is 22.2 Å². The van der Waals surface area contributed by atoms with Crippen LogP contribution in [0, 0.1) is 0 Å². The Morgan fingerprint density at radius 2 is 1.90 bits per heavy atom. The zero-order valence-corrected chi connectivity index (χ0v) is 10.6. The van der Waals surface area contributed by atoms with Crippen LogP contribution >= 0.6 is 0 Å². The van der Waals surface area contributed by atoms with Gasteiger partial charge in [-0.2, -0.15) is 0 Å². The molecule has 20 heavy (non-hydrogen) atoms. The quantitative estimate of drug-likeness (QED) is 0.743. The fourth-order valence-corrected chi connectivity index (χ4v) is 2.60. The molecule has 100 valence electrons. The maximum absolute atomic E-state index is 11.5. The van der Waals surface area contributed by atoms with Crippen molar-refractivity contribution in [1.82, 2.24) is 14.5 Å². The molecule has 0 amide bonds. The van der Waals surface area contributed by atoms with Crippen LogP contribution in [0.2, 0.25) is 0 Å². The summed E-state index contributed by atoms with van der Waals surface area (Å²) in [6.07, 6.45) is 2.00. The van der Waals surface area contributed by atoms with Crippen molar-refractivity contribution in [1.29, 1.82) is 0 Å². The summed E-state index contributed by atoms with van der Waals surface area (Å²) in [7, 11) is 0. The Labute approximate surface area is 113 Å². The predicted octanol–water partition coefficient (Wildman–Crippen LogP) is 2.20. The normalized spacial score (nSPS) is 15.0. The lowest BCUT2D eigenvalue weighted by Gasteiger charge is -2.04. The molecule has 0 saturated heterocycles. The maximum Gasteiger partial charge on any atom is 0.341 e. The fraction of sp³-hybridized carbons (Fsp3) is 0.214. The average molecular weight is 268 g/mol. The first-order valence-electron chi connectivity index (χ1n) is 6.46. The largest absolute Gasteiger partial charge is 0.477 e. The second-order valence-corrected chi connectivity index (χ2v) is 5.05. The van der Waals surface area contributed by atoms with Gasteiger partial charge in [-0.05, 0) is 25.0 Å². The molecule has 1 aliphatic rings. The van der Waals surface area contributed by atoms with E-state index in [1.165, 1.54) is 0 Å². The number of nitrogens with two attached hydrogens (primary N) is 1. The van der Waals surface area contributed by atoms with Crippen LogP contribution in [0.1, 0.15) is 29.2 Å². The van der Waals surface area contributed by atoms with Gasteiger partial charge >= 0.3 is 5.97 Å². The number of carboxylic acid groups (broad SMARTS) is 1. The molecule has 1 aromatic carbocycles. The van der Waals surface area contributed by atoms with E-state index >= 15 is 0 Å². The molecule has 0 radical (unpaired) electrons. The first-order valence-corrected chi connectivity index (χ1v) is 6.46. The van der Waals surface area contributed by atoms with Crippen molar-refractivity contribution in [3.05, 3.63) is 29.8 Å². The molecule has 6 nitrogen and oxygen atoms in total. The lowest BCUT2D eigenvalue weighted by molar-refractivity contribution is 0.0700. The first-order chi connectivity index (χ1) is 9.66. The van der Waals surface area contributed by atoms with Crippen molar-refractivity contribution < 1.29 is 9.90 Å². The van der Waals surface area contributed by atoms with Crippen LogP contribution in [-0.4, -0.2) is 25.6 Å². The van der Waals surface area contributed by atoms with E-state index in [1.54, 1.807) is 0 Å². The number of benzene rings is 1. The number of aromatic nitrogens is 3. The number of carbonyl (C=O) groups is 1. The third-order valence-corrected chi connectivity index (χ3v) is 3.66. The minimum Gasteiger partial charge on any atom is -0.477 e. The third-order valence-electron chi connectivity index (χ3n) is 3.66. The van der Waals surface area contributed by atoms with Crippen LogP contribution < -0.4 is 5.73 Å². The Morgan fingerprint density at radius 3 is 2.50 bits per heavy atom. The van der Waals surface area contributed by atoms with Crippen LogP contribution in [0.3, 0.4) is 0 Å². The Bertz CT molecular complexity index is 864. The van der Waals surface area contributed by atoms with Gasteiger partial charge in [0, 0.05) is 6.04 Å². The van der Waals surface area contributed by atoms with E-state index in [-0.39, 0.29) is 17.4 Å². The maximum atomic E-state index is 11.5. The number of rotatable bonds is 2. The molecule has 2 heterocycles. The van der Waals surface area contributed by atoms with Gasteiger partial charge in [0.2, 0.25) is 0 Å². The molecular formula is C14H12N4O2. The van der Waals surface area contributed by atoms with E-state index in [9.17, 15) is 9.90 Å². The topological polar surface area (TPSA) is 94.0 Å². The van der Waals surface area contributed by atoms with E-state index in [4.69, 9.17) is 5.73 Å². The zero-order chi connectivity index (χ0) is 13.9. The van der Waals surface area contributed by atoms with E-state index in [2.05, 4.69) is 9.97 Å². The SMILES string of the molecule is Nc1c(C(=O)O)c2nc3ccccc3nc2n1C1CC1. The lowest BCUT2D eigenvalue weighted by atomic mass is 10.2. The van der Waals surface area contributed by atoms with Gasteiger partial charge in [-0.15, -0.1) is 0 Å². The highest BCUT2D eigenvalue weighted by atomic mass is 16.4. The van der Waals surface area contributed by atoms with Gasteiger partial charge in [-0.25, -0.2) is 14.8 Å². The van der Waals surface area contributed by atoms with Gasteiger partial charge in [-0.3, -0.25) is 0 Å². The van der Waals surface area contributed by atoms with E-state index in [1.807, 2.05) is 28.8 Å². The molecular weight excluding hydrogens is 256 g/mol. The van der Waals surface area contributed by atoms with Crippen LogP contribution in [0.15, 0.2) is 24.3 Å². The number of para-hydroxylation sites is 2. The van der Waals surface area contributed by atoms with Crippen LogP contribution in [0.4, 0.5) is 5.82 Å². The highest BCUT2D eigenvalue weighted by Crippen LogP contribution is 2.41. The van der Waals surface area contributed by atoms with Crippen LogP contribution in [-0.2, 0) is 0 Å². The van der Waals surface area contributed by atoms with E-state index in [0.717, 1.165) is 18.4 Å². The third kappa shape index (κ3) is 1.41. The lowest BCUT2D eigenvalue weighted by Crippen LogP contribution is -2.05. The van der Waals surface area contributed by atoms with Crippen molar-refractivity contribution in [2.45, 2.75) is 18.9 Å². The second kappa shape index (κ2) is 3.69. The number of carboxylic acids is 1. The Kier molecular flexibility index (Phi) is 2.07. The summed E-state index contributed by atoms with van der Waals surface area (Å²) < 4.78 is 1.82. The smallest absolute Gasteiger partial charge is 0.341 e. The van der Waals surface area contributed by atoms with Crippen molar-refractivity contribution in [2.24, 2.45) is 0 Å². The summed E-state index contributed by atoms with van der Waals surface area (Å²) >= 11 is 0. The summed E-state index contributed by atoms with van der Waals surface area (Å²) in [6, 6.07) is 7.67. The molecule has 3 aromatic rings. The standard InChI is InChI=1S/C14H12N4O2/c15-12-10(14(19)20)11-13(18(12)7-5-6-7)17-9-4-2-1-3-8(9)16-11/h1-4,7H,5-6,15H2,(H,19,20). The molecule has 0 spiro atoms. The monoisotopic (exact) mass is 268 g/mol. The molecule has 2 aromatic heterocycles. The number of anilines is 1. The molecule has 1 aliphatic carbocycles. The summed E-state index contributed by atoms with van der Waals surface area (Å²) in [6.45, 7) is 0. The molecule has 0 atom stereocenters. The average Bonchev–Trinajstić information content (AvgIpc) is 3.20. The number of hydrogen-bond donors (Lipinski definition) is 2. The van der Waals surface area contributed by atoms with Crippen LogP contribution in [0.5, 0.6) is 0 Å². The molecule has 0 unspecified atom stereocenters. The van der Waals surface area contributed by atoms with Gasteiger partial charge < -0.3 is 15.4 Å². The summed E-state index contributed by atoms with van der Waals surface area (Å²) in [4.78, 5) is 20.5. The number of aromatic carboxylic acids is 1. The number of nitrogens with zero attached hydrogens (tertiary/aromatic N) is 3. The molecule has 3 N–H and O–H groups in total. The minimum absolute atomic E-state index is 0.0603. The zero-order valence-electron chi connectivity index (χ0n) is 10.6. The van der Waals surface area contributed by atoms with Gasteiger partial charge in [0.15, 0.2) is 5.65 Å². The number of hydrogen-bond acceptors (Lipinski definition) is 4. The van der Waals surface area contributed by atoms with Crippen molar-refractivity contribution >= 4 is 34.0 Å². The number of nitrogen functional groups attached to an aromatic ring is 1. The first kappa shape index (κ1) is 11.2. The summed E-state index contributed by atoms with van der Waals surface area (Å²) in [5.41, 5.74) is 8.45. The fourth-order valence-electron chi connectivity index (χ4n) is 2.60. The molecule has 6 heteroatoms. The van der Waals surface area contributed by atoms with Gasteiger partial charge in [0.1, 0.15) is 16.9 Å². The highest BCUT2D eigenvalue weighted by Gasteiger charge is 2.32. The van der Waals surface area contributed by atoms with Crippen molar-refractivity contribution in [3.8, 4) is 0 Å². The Morgan fingerprint density at radius 1 is 1.25 bits per heavy atom. The van der Waals surface area contributed by atoms with E-state index < -0.39 is 5.97 Å². The minimum atomic E-state index is -1.06. The molecule has 1 fully saturated rings. The van der Waals surface area contributed by atoms with Crippen molar-refractivity contribution in [2.75, 3.05) is 5.73 Å². The Balaban J connectivity index is 2.18.